The Bertz CT molecular complexity index is 980. The molecule has 9 nitrogen and oxygen atoms in total. The van der Waals surface area contributed by atoms with Crippen LogP contribution in [0.15, 0.2) is 24.5 Å². The van der Waals surface area contributed by atoms with Crippen LogP contribution >= 0.6 is 0 Å². The average Bonchev–Trinajstić information content (AvgIpc) is 2.80. The summed E-state index contributed by atoms with van der Waals surface area (Å²) >= 11 is 0. The second-order valence-electron chi connectivity index (χ2n) is 8.92. The van der Waals surface area contributed by atoms with Crippen molar-refractivity contribution < 1.29 is 28.1 Å². The zero-order valence-electron chi connectivity index (χ0n) is 21.0. The number of nitrogens with zero attached hydrogens (tertiary/aromatic N) is 3. The fourth-order valence-electron chi connectivity index (χ4n) is 3.53. The summed E-state index contributed by atoms with van der Waals surface area (Å²) in [5.74, 6) is 0.836. The fraction of sp³-hybridized carbons (Fsp3) is 0.560. The molecule has 1 aromatic heterocycles. The number of piperidine rings is 1. The second kappa shape index (κ2) is 12.5. The number of hydrogen-bond donors (Lipinski definition) is 1. The Labute approximate surface area is 205 Å². The van der Waals surface area contributed by atoms with Gasteiger partial charge in [0.05, 0.1) is 30.1 Å². The van der Waals surface area contributed by atoms with Crippen LogP contribution in [-0.2, 0) is 9.47 Å². The Morgan fingerprint density at radius 2 is 1.89 bits per heavy atom. The first-order valence-electron chi connectivity index (χ1n) is 12.0. The second-order valence-corrected chi connectivity index (χ2v) is 8.92. The lowest BCUT2D eigenvalue weighted by molar-refractivity contribution is 0.0505. The molecule has 35 heavy (non-hydrogen) atoms. The Morgan fingerprint density at radius 1 is 1.14 bits per heavy atom. The van der Waals surface area contributed by atoms with Crippen LogP contribution in [-0.4, -0.2) is 65.6 Å². The minimum Gasteiger partial charge on any atom is -0.491 e. The van der Waals surface area contributed by atoms with E-state index in [9.17, 15) is 9.18 Å². The lowest BCUT2D eigenvalue weighted by Gasteiger charge is -2.32. The maximum absolute atomic E-state index is 14.7. The van der Waals surface area contributed by atoms with Crippen molar-refractivity contribution in [1.82, 2.24) is 14.9 Å². The highest BCUT2D eigenvalue weighted by molar-refractivity contribution is 5.68. The lowest BCUT2D eigenvalue weighted by atomic mass is 10.1. The highest BCUT2D eigenvalue weighted by atomic mass is 19.1. The van der Waals surface area contributed by atoms with E-state index in [1.54, 1.807) is 17.0 Å². The zero-order chi connectivity index (χ0) is 25.4. The van der Waals surface area contributed by atoms with Gasteiger partial charge in [-0.05, 0) is 46.8 Å². The number of halogens is 1. The molecule has 3 rings (SSSR count). The average molecular weight is 491 g/mol. The number of ether oxygens (including phenoxy) is 4. The van der Waals surface area contributed by atoms with Crippen molar-refractivity contribution in [2.75, 3.05) is 31.6 Å². The predicted molar refractivity (Wildman–Crippen MR) is 130 cm³/mol. The van der Waals surface area contributed by atoms with Crippen molar-refractivity contribution in [3.8, 4) is 11.6 Å². The standard InChI is InChI=1S/C25H35FN4O5/c1-16(2)32-12-13-33-20-6-7-22(21(26)14-20)29-23-18(5)24(28-15-27-23)35-19-8-10-30(11-9-19)25(31)34-17(3)4/h6-7,14-17,19H,8-13H2,1-5H3,(H,27,28,29). The molecule has 0 radical (unpaired) electrons. The molecule has 0 unspecified atom stereocenters. The Balaban J connectivity index is 1.56. The third-order valence-electron chi connectivity index (χ3n) is 5.35. The summed E-state index contributed by atoms with van der Waals surface area (Å²) in [5.41, 5.74) is 0.931. The molecule has 1 amide bonds. The summed E-state index contributed by atoms with van der Waals surface area (Å²) in [6.45, 7) is 11.2. The summed E-state index contributed by atoms with van der Waals surface area (Å²) in [4.78, 5) is 22.3. The van der Waals surface area contributed by atoms with E-state index in [1.165, 1.54) is 12.4 Å². The van der Waals surface area contributed by atoms with Gasteiger partial charge < -0.3 is 29.2 Å². The molecule has 10 heteroatoms. The van der Waals surface area contributed by atoms with Gasteiger partial charge in [0.1, 0.15) is 36.4 Å². The van der Waals surface area contributed by atoms with Crippen LogP contribution < -0.4 is 14.8 Å². The van der Waals surface area contributed by atoms with Gasteiger partial charge >= 0.3 is 6.09 Å². The summed E-state index contributed by atoms with van der Waals surface area (Å²) < 4.78 is 37.0. The van der Waals surface area contributed by atoms with E-state index in [1.807, 2.05) is 34.6 Å². The quantitative estimate of drug-likeness (QED) is 0.472. The van der Waals surface area contributed by atoms with Gasteiger partial charge in [0.25, 0.3) is 0 Å². The molecule has 0 saturated carbocycles. The molecule has 2 aromatic rings. The molecule has 1 saturated heterocycles. The van der Waals surface area contributed by atoms with Crippen LogP contribution in [0.25, 0.3) is 0 Å². The molecule has 1 aliphatic rings. The maximum atomic E-state index is 14.7. The smallest absolute Gasteiger partial charge is 0.410 e. The number of nitrogens with one attached hydrogen (secondary N) is 1. The van der Waals surface area contributed by atoms with Gasteiger partial charge in [0, 0.05) is 32.0 Å². The van der Waals surface area contributed by atoms with E-state index in [0.717, 1.165) is 0 Å². The predicted octanol–water partition coefficient (Wildman–Crippen LogP) is 4.86. The maximum Gasteiger partial charge on any atom is 0.410 e. The molecule has 1 aliphatic heterocycles. The van der Waals surface area contributed by atoms with Crippen molar-refractivity contribution in [3.63, 3.8) is 0 Å². The van der Waals surface area contributed by atoms with E-state index in [4.69, 9.17) is 18.9 Å². The minimum absolute atomic E-state index is 0.0904. The third kappa shape index (κ3) is 7.95. The Morgan fingerprint density at radius 3 is 2.54 bits per heavy atom. The van der Waals surface area contributed by atoms with Crippen molar-refractivity contribution in [3.05, 3.63) is 35.9 Å². The molecule has 192 valence electrons. The first-order valence-corrected chi connectivity index (χ1v) is 12.0. The first-order chi connectivity index (χ1) is 16.7. The van der Waals surface area contributed by atoms with Crippen molar-refractivity contribution in [2.45, 2.75) is 65.8 Å². The minimum atomic E-state index is -0.464. The van der Waals surface area contributed by atoms with E-state index in [-0.39, 0.29) is 30.1 Å². The van der Waals surface area contributed by atoms with Gasteiger partial charge in [0.2, 0.25) is 5.88 Å². The molecule has 0 spiro atoms. The molecule has 0 bridgehead atoms. The number of aromatic nitrogens is 2. The number of hydrogen-bond acceptors (Lipinski definition) is 8. The summed E-state index contributed by atoms with van der Waals surface area (Å²) in [7, 11) is 0. The van der Waals surface area contributed by atoms with E-state index in [2.05, 4.69) is 15.3 Å². The van der Waals surface area contributed by atoms with Gasteiger partial charge in [-0.25, -0.2) is 19.2 Å². The van der Waals surface area contributed by atoms with Crippen LogP contribution in [0, 0.1) is 12.7 Å². The number of anilines is 2. The first kappa shape index (κ1) is 26.5. The van der Waals surface area contributed by atoms with Gasteiger partial charge in [-0.1, -0.05) is 0 Å². The molecule has 1 aromatic carbocycles. The summed E-state index contributed by atoms with van der Waals surface area (Å²) in [5, 5.41) is 3.01. The van der Waals surface area contributed by atoms with Crippen molar-refractivity contribution in [2.24, 2.45) is 0 Å². The normalized spacial score (nSPS) is 14.3. The van der Waals surface area contributed by atoms with Gasteiger partial charge in [-0.3, -0.25) is 0 Å². The molecule has 0 aliphatic carbocycles. The van der Waals surface area contributed by atoms with Crippen LogP contribution in [0.4, 0.5) is 20.7 Å². The molecular formula is C25H35FN4O5. The number of rotatable bonds is 10. The van der Waals surface area contributed by atoms with Crippen LogP contribution in [0.2, 0.25) is 0 Å². The number of benzene rings is 1. The van der Waals surface area contributed by atoms with Crippen molar-refractivity contribution in [1.29, 1.82) is 0 Å². The topological polar surface area (TPSA) is 95.0 Å². The Kier molecular flexibility index (Phi) is 9.47. The third-order valence-corrected chi connectivity index (χ3v) is 5.35. The zero-order valence-corrected chi connectivity index (χ0v) is 21.0. The van der Waals surface area contributed by atoms with Gasteiger partial charge in [-0.15, -0.1) is 0 Å². The highest BCUT2D eigenvalue weighted by Gasteiger charge is 2.26. The van der Waals surface area contributed by atoms with Crippen LogP contribution in [0.3, 0.4) is 0 Å². The highest BCUT2D eigenvalue weighted by Crippen LogP contribution is 2.29. The molecular weight excluding hydrogens is 455 g/mol. The largest absolute Gasteiger partial charge is 0.491 e. The lowest BCUT2D eigenvalue weighted by Crippen LogP contribution is -2.42. The van der Waals surface area contributed by atoms with Crippen LogP contribution in [0.5, 0.6) is 11.6 Å². The number of carbonyl (C=O) groups is 1. The molecule has 1 fully saturated rings. The van der Waals surface area contributed by atoms with E-state index >= 15 is 0 Å². The van der Waals surface area contributed by atoms with Gasteiger partial charge in [0.15, 0.2) is 0 Å². The van der Waals surface area contributed by atoms with Gasteiger partial charge in [-0.2, -0.15) is 0 Å². The van der Waals surface area contributed by atoms with Crippen molar-refractivity contribution >= 4 is 17.6 Å². The van der Waals surface area contributed by atoms with Crippen LogP contribution in [0.1, 0.15) is 46.1 Å². The fourth-order valence-corrected chi connectivity index (χ4v) is 3.53. The monoisotopic (exact) mass is 490 g/mol. The number of amides is 1. The number of carbonyl (C=O) groups excluding carboxylic acids is 1. The summed E-state index contributed by atoms with van der Waals surface area (Å²) in [6.07, 6.45) is 2.29. The molecule has 2 heterocycles. The van der Waals surface area contributed by atoms with E-state index in [0.29, 0.717) is 62.2 Å². The van der Waals surface area contributed by atoms with E-state index < -0.39 is 5.82 Å². The number of likely N-dealkylation sites (tertiary alicyclic amines) is 1. The summed E-state index contributed by atoms with van der Waals surface area (Å²) in [6, 6.07) is 4.61. The SMILES string of the molecule is Cc1c(Nc2ccc(OCCOC(C)C)cc2F)ncnc1OC1CCN(C(=O)OC(C)C)CC1. The Hall–Kier alpha value is -3.14. The molecule has 0 atom stereocenters. The molecule has 1 N–H and O–H groups in total.